The van der Waals surface area contributed by atoms with Crippen LogP contribution >= 0.6 is 0 Å². The number of imide groups is 1. The van der Waals surface area contributed by atoms with E-state index in [0.717, 1.165) is 23.4 Å². The molecule has 5 rings (SSSR count). The van der Waals surface area contributed by atoms with E-state index in [1.54, 1.807) is 29.3 Å². The van der Waals surface area contributed by atoms with Crippen molar-refractivity contribution < 1.29 is 19.2 Å². The molecule has 2 heterocycles. The largest absolute Gasteiger partial charge is 0.494 e. The molecule has 7 heteroatoms. The Morgan fingerprint density at radius 3 is 2.17 bits per heavy atom. The number of benzene rings is 3. The van der Waals surface area contributed by atoms with Crippen LogP contribution < -0.4 is 19.6 Å². The normalized spacial score (nSPS) is 21.4. The lowest BCUT2D eigenvalue weighted by Crippen LogP contribution is -2.37. The number of amides is 2. The van der Waals surface area contributed by atoms with E-state index in [4.69, 9.17) is 9.57 Å². The Hall–Kier alpha value is -3.84. The number of hydrogen-bond donors (Lipinski definition) is 0. The Morgan fingerprint density at radius 1 is 0.857 bits per heavy atom. The van der Waals surface area contributed by atoms with Crippen LogP contribution in [0.25, 0.3) is 0 Å². The third-order valence-corrected chi connectivity index (χ3v) is 6.44. The highest BCUT2D eigenvalue weighted by Crippen LogP contribution is 2.47. The zero-order valence-electron chi connectivity index (χ0n) is 20.1. The average molecular weight is 472 g/mol. The molecule has 3 aromatic carbocycles. The molecule has 2 fully saturated rings. The average Bonchev–Trinajstić information content (AvgIpc) is 3.39. The Labute approximate surface area is 205 Å². The van der Waals surface area contributed by atoms with E-state index in [1.807, 2.05) is 80.5 Å². The van der Waals surface area contributed by atoms with E-state index in [2.05, 4.69) is 0 Å². The van der Waals surface area contributed by atoms with Crippen LogP contribution in [0.2, 0.25) is 0 Å². The first-order valence-corrected chi connectivity index (χ1v) is 11.9. The fourth-order valence-electron chi connectivity index (χ4n) is 4.69. The number of hydrogen-bond acceptors (Lipinski definition) is 6. The second-order valence-electron chi connectivity index (χ2n) is 9.00. The van der Waals surface area contributed by atoms with Gasteiger partial charge in [-0.25, -0.2) is 9.96 Å². The first-order chi connectivity index (χ1) is 17.0. The van der Waals surface area contributed by atoms with Gasteiger partial charge in [-0.1, -0.05) is 37.3 Å². The van der Waals surface area contributed by atoms with Crippen LogP contribution in [0, 0.1) is 5.92 Å². The topological polar surface area (TPSA) is 62.3 Å². The van der Waals surface area contributed by atoms with E-state index < -0.39 is 18.1 Å². The van der Waals surface area contributed by atoms with Crippen molar-refractivity contribution in [3.05, 3.63) is 84.4 Å². The summed E-state index contributed by atoms with van der Waals surface area (Å²) < 4.78 is 5.64. The highest BCUT2D eigenvalue weighted by atomic mass is 16.7. The van der Waals surface area contributed by atoms with Gasteiger partial charge in [0.2, 0.25) is 5.91 Å². The molecule has 0 radical (unpaired) electrons. The monoisotopic (exact) mass is 471 g/mol. The number of ether oxygens (including phenoxy) is 1. The van der Waals surface area contributed by atoms with E-state index in [9.17, 15) is 9.59 Å². The predicted octanol–water partition coefficient (Wildman–Crippen LogP) is 4.59. The molecule has 2 aliphatic heterocycles. The van der Waals surface area contributed by atoms with Crippen molar-refractivity contribution in [1.82, 2.24) is 0 Å². The molecule has 0 N–H and O–H groups in total. The minimum Gasteiger partial charge on any atom is -0.494 e. The lowest BCUT2D eigenvalue weighted by atomic mass is 9.90. The SMILES string of the molecule is CCCOc1ccc(N2C(=O)[C@@H]3[C@H](ON(c4ccccc4)[C@H]3c3ccc(N(C)C)cc3)C2=O)cc1. The first kappa shape index (κ1) is 22.9. The molecule has 2 amide bonds. The Balaban J connectivity index is 1.49. The fourth-order valence-corrected chi connectivity index (χ4v) is 4.69. The standard InChI is InChI=1S/C28H29N3O4/c1-4-18-34-23-16-14-21(15-17-23)30-27(32)24-25(19-10-12-20(13-11-19)29(2)3)31(35-26(24)28(30)33)22-8-6-5-7-9-22/h5-17,24-26H,4,18H2,1-3H3/t24-,25-,26-/m0/s1. The fraction of sp³-hybridized carbons (Fsp3) is 0.286. The quantitative estimate of drug-likeness (QED) is 0.470. The number of fused-ring (bicyclic) bond motifs is 1. The van der Waals surface area contributed by atoms with Gasteiger partial charge in [0.05, 0.1) is 24.0 Å². The number of rotatable bonds is 7. The highest BCUT2D eigenvalue weighted by Gasteiger charge is 2.60. The molecular weight excluding hydrogens is 442 g/mol. The molecule has 0 saturated carbocycles. The van der Waals surface area contributed by atoms with Gasteiger partial charge in [-0.15, -0.1) is 0 Å². The number of carbonyl (C=O) groups excluding carboxylic acids is 2. The maximum atomic E-state index is 13.7. The third-order valence-electron chi connectivity index (χ3n) is 6.44. The maximum absolute atomic E-state index is 13.7. The van der Waals surface area contributed by atoms with Crippen molar-refractivity contribution in [3.8, 4) is 5.75 Å². The highest BCUT2D eigenvalue weighted by molar-refractivity contribution is 6.23. The molecule has 0 bridgehead atoms. The van der Waals surface area contributed by atoms with E-state index in [0.29, 0.717) is 18.0 Å². The van der Waals surface area contributed by atoms with Crippen LogP contribution in [0.3, 0.4) is 0 Å². The van der Waals surface area contributed by atoms with Crippen molar-refractivity contribution in [3.63, 3.8) is 0 Å². The summed E-state index contributed by atoms with van der Waals surface area (Å²) in [5.74, 6) is -0.568. The zero-order chi connectivity index (χ0) is 24.5. The molecule has 0 spiro atoms. The molecule has 3 atom stereocenters. The molecule has 0 aliphatic carbocycles. The number of anilines is 3. The molecule has 0 unspecified atom stereocenters. The van der Waals surface area contributed by atoms with E-state index in [-0.39, 0.29) is 11.8 Å². The summed E-state index contributed by atoms with van der Waals surface area (Å²) in [6.07, 6.45) is 0.0117. The Bertz CT molecular complexity index is 1200. The van der Waals surface area contributed by atoms with Crippen LogP contribution in [0.15, 0.2) is 78.9 Å². The van der Waals surface area contributed by atoms with Crippen LogP contribution in [0.5, 0.6) is 5.75 Å². The second-order valence-corrected chi connectivity index (χ2v) is 9.00. The first-order valence-electron chi connectivity index (χ1n) is 11.9. The summed E-state index contributed by atoms with van der Waals surface area (Å²) in [6.45, 7) is 2.65. The van der Waals surface area contributed by atoms with Crippen molar-refractivity contribution in [2.75, 3.05) is 35.6 Å². The van der Waals surface area contributed by atoms with Gasteiger partial charge in [0.1, 0.15) is 11.7 Å². The predicted molar refractivity (Wildman–Crippen MR) is 136 cm³/mol. The lowest BCUT2D eigenvalue weighted by Gasteiger charge is -2.29. The summed E-state index contributed by atoms with van der Waals surface area (Å²) >= 11 is 0. The molecule has 2 aliphatic rings. The molecule has 7 nitrogen and oxygen atoms in total. The van der Waals surface area contributed by atoms with Gasteiger partial charge in [-0.3, -0.25) is 14.4 Å². The summed E-state index contributed by atoms with van der Waals surface area (Å²) in [7, 11) is 3.96. The van der Waals surface area contributed by atoms with Crippen molar-refractivity contribution in [1.29, 1.82) is 0 Å². The van der Waals surface area contributed by atoms with Gasteiger partial charge >= 0.3 is 0 Å². The van der Waals surface area contributed by atoms with Gasteiger partial charge in [0, 0.05) is 19.8 Å². The van der Waals surface area contributed by atoms with Gasteiger partial charge in [0.15, 0.2) is 6.10 Å². The Morgan fingerprint density at radius 2 is 1.54 bits per heavy atom. The molecule has 0 aromatic heterocycles. The van der Waals surface area contributed by atoms with Crippen LogP contribution in [0.4, 0.5) is 17.1 Å². The number of carbonyl (C=O) groups is 2. The second kappa shape index (κ2) is 9.43. The molecule has 180 valence electrons. The van der Waals surface area contributed by atoms with Gasteiger partial charge < -0.3 is 9.64 Å². The van der Waals surface area contributed by atoms with E-state index >= 15 is 0 Å². The number of hydroxylamine groups is 1. The summed E-state index contributed by atoms with van der Waals surface area (Å²) in [4.78, 5) is 36.7. The lowest BCUT2D eigenvalue weighted by molar-refractivity contribution is -0.126. The summed E-state index contributed by atoms with van der Waals surface area (Å²) in [5.41, 5.74) is 3.29. The smallest absolute Gasteiger partial charge is 0.266 e. The zero-order valence-corrected chi connectivity index (χ0v) is 20.1. The number of nitrogens with zero attached hydrogens (tertiary/aromatic N) is 3. The third kappa shape index (κ3) is 4.12. The minimum atomic E-state index is -0.891. The van der Waals surface area contributed by atoms with Crippen molar-refractivity contribution >= 4 is 28.9 Å². The summed E-state index contributed by atoms with van der Waals surface area (Å²) in [5, 5.41) is 1.72. The number of para-hydroxylation sites is 1. The van der Waals surface area contributed by atoms with Crippen LogP contribution in [-0.2, 0) is 14.4 Å². The van der Waals surface area contributed by atoms with Crippen molar-refractivity contribution in [2.45, 2.75) is 25.5 Å². The van der Waals surface area contributed by atoms with Crippen molar-refractivity contribution in [2.24, 2.45) is 5.92 Å². The molecular formula is C28H29N3O4. The van der Waals surface area contributed by atoms with Crippen LogP contribution in [0.1, 0.15) is 24.9 Å². The van der Waals surface area contributed by atoms with E-state index in [1.165, 1.54) is 4.90 Å². The van der Waals surface area contributed by atoms with Gasteiger partial charge in [-0.2, -0.15) is 0 Å². The van der Waals surface area contributed by atoms with Gasteiger partial charge in [-0.05, 0) is 60.5 Å². The Kier molecular flexibility index (Phi) is 6.17. The molecule has 2 saturated heterocycles. The van der Waals surface area contributed by atoms with Gasteiger partial charge in [0.25, 0.3) is 5.91 Å². The maximum Gasteiger partial charge on any atom is 0.266 e. The molecule has 3 aromatic rings. The van der Waals surface area contributed by atoms with Crippen LogP contribution in [-0.4, -0.2) is 38.6 Å². The minimum absolute atomic E-state index is 0.262. The molecule has 35 heavy (non-hydrogen) atoms. The summed E-state index contributed by atoms with van der Waals surface area (Å²) in [6, 6.07) is 24.3.